The number of aromatic nitrogens is 2. The molecule has 1 N–H and O–H groups in total. The van der Waals surface area contributed by atoms with Gasteiger partial charge in [0.05, 0.1) is 0 Å². The van der Waals surface area contributed by atoms with Gasteiger partial charge in [0.2, 0.25) is 0 Å². The Kier molecular flexibility index (Phi) is 2.50. The van der Waals surface area contributed by atoms with Gasteiger partial charge < -0.3 is 9.55 Å². The molecule has 82 valence electrons. The van der Waals surface area contributed by atoms with Gasteiger partial charge in [0.1, 0.15) is 0 Å². The van der Waals surface area contributed by atoms with Crippen LogP contribution in [0.25, 0.3) is 0 Å². The van der Waals surface area contributed by atoms with Gasteiger partial charge in [-0.1, -0.05) is 0 Å². The Labute approximate surface area is 88.0 Å². The summed E-state index contributed by atoms with van der Waals surface area (Å²) in [6.45, 7) is 3.88. The predicted molar refractivity (Wildman–Crippen MR) is 58.3 cm³/mol. The Morgan fingerprint density at radius 3 is 2.53 bits per heavy atom. The Balaban J connectivity index is 2.74. The summed E-state index contributed by atoms with van der Waals surface area (Å²) in [6.07, 6.45) is 3.99. The summed E-state index contributed by atoms with van der Waals surface area (Å²) >= 11 is 0. The van der Waals surface area contributed by atoms with E-state index in [1.807, 2.05) is 13.8 Å². The van der Waals surface area contributed by atoms with E-state index < -0.39 is 11.1 Å². The van der Waals surface area contributed by atoms with Crippen molar-refractivity contribution in [2.75, 3.05) is 0 Å². The molecule has 0 radical (unpaired) electrons. The van der Waals surface area contributed by atoms with Crippen LogP contribution in [0, 0.1) is 0 Å². The first-order chi connectivity index (χ1) is 7.11. The maximum atomic E-state index is 11.7. The summed E-state index contributed by atoms with van der Waals surface area (Å²) in [4.78, 5) is 25.8. The van der Waals surface area contributed by atoms with Gasteiger partial charge in [-0.05, 0) is 39.5 Å². The molecule has 1 heterocycles. The second-order valence-corrected chi connectivity index (χ2v) is 4.36. The summed E-state index contributed by atoms with van der Waals surface area (Å²) in [5, 5.41) is 0. The van der Waals surface area contributed by atoms with Crippen molar-refractivity contribution in [3.8, 4) is 0 Å². The highest BCUT2D eigenvalue weighted by atomic mass is 16.2. The van der Waals surface area contributed by atoms with Gasteiger partial charge in [0, 0.05) is 17.4 Å². The number of fused-ring (bicyclic) bond motifs is 1. The number of aromatic amines is 1. The molecule has 0 aromatic carbocycles. The van der Waals surface area contributed by atoms with E-state index in [-0.39, 0.29) is 6.04 Å². The lowest BCUT2D eigenvalue weighted by Gasteiger charge is -2.22. The molecule has 0 fully saturated rings. The van der Waals surface area contributed by atoms with Crippen molar-refractivity contribution >= 4 is 0 Å². The molecule has 4 nitrogen and oxygen atoms in total. The number of nitrogens with one attached hydrogen (secondary N) is 1. The zero-order valence-electron chi connectivity index (χ0n) is 9.17. The highest BCUT2D eigenvalue weighted by Gasteiger charge is 2.18. The van der Waals surface area contributed by atoms with Crippen LogP contribution in [0.1, 0.15) is 44.1 Å². The number of aryl methyl sites for hydroxylation is 1. The fraction of sp³-hybridized carbons (Fsp3) is 0.636. The van der Waals surface area contributed by atoms with Crippen LogP contribution in [0.4, 0.5) is 0 Å². The number of rotatable bonds is 1. The van der Waals surface area contributed by atoms with Crippen molar-refractivity contribution < 1.29 is 0 Å². The third kappa shape index (κ3) is 1.64. The van der Waals surface area contributed by atoms with Gasteiger partial charge in [0.15, 0.2) is 0 Å². The van der Waals surface area contributed by atoms with Crippen LogP contribution in [-0.2, 0) is 12.8 Å². The summed E-state index contributed by atoms with van der Waals surface area (Å²) in [5.41, 5.74) is 1.09. The first-order valence-corrected chi connectivity index (χ1v) is 5.48. The molecule has 0 aliphatic heterocycles. The molecular formula is C11H16N2O2. The van der Waals surface area contributed by atoms with Gasteiger partial charge >= 0.3 is 11.1 Å². The van der Waals surface area contributed by atoms with Gasteiger partial charge in [-0.2, -0.15) is 0 Å². The molecule has 4 heteroatoms. The number of hydrogen-bond donors (Lipinski definition) is 1. The van der Waals surface area contributed by atoms with Crippen LogP contribution in [0.15, 0.2) is 9.59 Å². The summed E-state index contributed by atoms with van der Waals surface area (Å²) in [5.74, 6) is 0. The summed E-state index contributed by atoms with van der Waals surface area (Å²) in [6, 6.07) is 0.0617. The maximum absolute atomic E-state index is 11.7. The van der Waals surface area contributed by atoms with Crippen LogP contribution in [-0.4, -0.2) is 9.55 Å². The van der Waals surface area contributed by atoms with Crippen molar-refractivity contribution in [2.45, 2.75) is 45.6 Å². The fourth-order valence-corrected chi connectivity index (χ4v) is 2.26. The number of H-pyrrole nitrogens is 1. The minimum Gasteiger partial charge on any atom is -0.320 e. The fourth-order valence-electron chi connectivity index (χ4n) is 2.26. The molecule has 2 rings (SSSR count). The number of hydrogen-bond acceptors (Lipinski definition) is 2. The lowest BCUT2D eigenvalue weighted by molar-refractivity contribution is 0.504. The minimum absolute atomic E-state index is 0.0617. The average Bonchev–Trinajstić information content (AvgIpc) is 2.19. The van der Waals surface area contributed by atoms with Crippen molar-refractivity contribution in [1.29, 1.82) is 0 Å². The molecule has 0 spiro atoms. The van der Waals surface area contributed by atoms with E-state index in [0.717, 1.165) is 37.1 Å². The average molecular weight is 208 g/mol. The second kappa shape index (κ2) is 3.68. The van der Waals surface area contributed by atoms with Crippen LogP contribution < -0.4 is 11.1 Å². The third-order valence-corrected chi connectivity index (χ3v) is 2.92. The molecule has 1 aromatic rings. The molecule has 0 saturated carbocycles. The molecule has 15 heavy (non-hydrogen) atoms. The summed E-state index contributed by atoms with van der Waals surface area (Å²) in [7, 11) is 0. The van der Waals surface area contributed by atoms with Gasteiger partial charge in [-0.15, -0.1) is 0 Å². The maximum Gasteiger partial charge on any atom is 0.316 e. The van der Waals surface area contributed by atoms with Crippen molar-refractivity contribution in [3.63, 3.8) is 0 Å². The zero-order chi connectivity index (χ0) is 11.0. The Morgan fingerprint density at radius 1 is 1.20 bits per heavy atom. The standard InChI is InChI=1S/C11H16N2O2/c1-7(2)13-9-6-4-3-5-8(9)12-10(14)11(13)15/h7H,3-6H2,1-2H3,(H,12,14). The normalized spacial score (nSPS) is 15.4. The van der Waals surface area contributed by atoms with E-state index in [9.17, 15) is 9.59 Å². The SMILES string of the molecule is CC(C)n1c2c([nH]c(=O)c1=O)CCCC2. The van der Waals surface area contributed by atoms with E-state index in [1.165, 1.54) is 0 Å². The molecule has 0 atom stereocenters. The predicted octanol–water partition coefficient (Wildman–Crippen LogP) is 0.996. The Bertz CT molecular complexity index is 482. The van der Waals surface area contributed by atoms with Crippen LogP contribution in [0.2, 0.25) is 0 Å². The Hall–Kier alpha value is -1.32. The zero-order valence-corrected chi connectivity index (χ0v) is 9.17. The largest absolute Gasteiger partial charge is 0.320 e. The quantitative estimate of drug-likeness (QED) is 0.700. The van der Waals surface area contributed by atoms with E-state index in [4.69, 9.17) is 0 Å². The monoisotopic (exact) mass is 208 g/mol. The van der Waals surface area contributed by atoms with Crippen molar-refractivity contribution in [3.05, 3.63) is 32.1 Å². The lowest BCUT2D eigenvalue weighted by Crippen LogP contribution is -2.41. The van der Waals surface area contributed by atoms with Crippen LogP contribution >= 0.6 is 0 Å². The highest BCUT2D eigenvalue weighted by Crippen LogP contribution is 2.18. The topological polar surface area (TPSA) is 54.9 Å². The first kappa shape index (κ1) is 10.2. The molecule has 1 aromatic heterocycles. The second-order valence-electron chi connectivity index (χ2n) is 4.36. The van der Waals surface area contributed by atoms with Crippen molar-refractivity contribution in [1.82, 2.24) is 9.55 Å². The van der Waals surface area contributed by atoms with Crippen molar-refractivity contribution in [2.24, 2.45) is 0 Å². The van der Waals surface area contributed by atoms with Crippen LogP contribution in [0.5, 0.6) is 0 Å². The van der Waals surface area contributed by atoms with Crippen LogP contribution in [0.3, 0.4) is 0 Å². The van der Waals surface area contributed by atoms with E-state index >= 15 is 0 Å². The molecule has 0 amide bonds. The molecule has 0 saturated heterocycles. The first-order valence-electron chi connectivity index (χ1n) is 5.48. The summed E-state index contributed by atoms with van der Waals surface area (Å²) < 4.78 is 1.65. The smallest absolute Gasteiger partial charge is 0.316 e. The van der Waals surface area contributed by atoms with E-state index in [2.05, 4.69) is 4.98 Å². The van der Waals surface area contributed by atoms with Gasteiger partial charge in [-0.3, -0.25) is 9.59 Å². The molecular weight excluding hydrogens is 192 g/mol. The third-order valence-electron chi connectivity index (χ3n) is 2.92. The molecule has 0 unspecified atom stereocenters. The minimum atomic E-state index is -0.482. The van der Waals surface area contributed by atoms with E-state index in [0.29, 0.717) is 0 Å². The highest BCUT2D eigenvalue weighted by molar-refractivity contribution is 5.16. The van der Waals surface area contributed by atoms with Gasteiger partial charge in [-0.25, -0.2) is 0 Å². The Morgan fingerprint density at radius 2 is 1.87 bits per heavy atom. The van der Waals surface area contributed by atoms with E-state index in [1.54, 1.807) is 4.57 Å². The van der Waals surface area contributed by atoms with Gasteiger partial charge in [0.25, 0.3) is 0 Å². The lowest BCUT2D eigenvalue weighted by atomic mass is 9.99. The molecule has 0 bridgehead atoms. The number of nitrogens with zero attached hydrogens (tertiary/aromatic N) is 1. The molecule has 1 aliphatic rings. The molecule has 1 aliphatic carbocycles.